The third-order valence-electron chi connectivity index (χ3n) is 3.84. The number of hydrogen-bond donors (Lipinski definition) is 1. The molecular formula is C16H22N4O. The Hall–Kier alpha value is -1.69. The average Bonchev–Trinajstić information content (AvgIpc) is 2.96. The minimum atomic E-state index is 0.473. The summed E-state index contributed by atoms with van der Waals surface area (Å²) in [5.41, 5.74) is 8.34. The molecule has 5 heteroatoms. The van der Waals surface area contributed by atoms with E-state index in [9.17, 15) is 0 Å². The van der Waals surface area contributed by atoms with Crippen LogP contribution < -0.4 is 5.73 Å². The highest BCUT2D eigenvalue weighted by molar-refractivity contribution is 5.24. The summed E-state index contributed by atoms with van der Waals surface area (Å²) < 4.78 is 7.50. The highest BCUT2D eigenvalue weighted by Crippen LogP contribution is 2.12. The second-order valence-electron chi connectivity index (χ2n) is 5.38. The fourth-order valence-corrected chi connectivity index (χ4v) is 2.71. The molecule has 0 aliphatic carbocycles. The molecule has 21 heavy (non-hydrogen) atoms. The molecule has 3 rings (SSSR count). The van der Waals surface area contributed by atoms with E-state index in [0.717, 1.165) is 45.2 Å². The third kappa shape index (κ3) is 3.69. The van der Waals surface area contributed by atoms with E-state index >= 15 is 0 Å². The van der Waals surface area contributed by atoms with Crippen LogP contribution in [0.2, 0.25) is 0 Å². The highest BCUT2D eigenvalue weighted by Gasteiger charge is 2.11. The molecule has 1 aliphatic heterocycles. The molecule has 0 radical (unpaired) electrons. The molecule has 1 fully saturated rings. The van der Waals surface area contributed by atoms with Crippen molar-refractivity contribution in [2.24, 2.45) is 5.73 Å². The van der Waals surface area contributed by atoms with E-state index in [1.807, 2.05) is 6.20 Å². The van der Waals surface area contributed by atoms with E-state index in [-0.39, 0.29) is 0 Å². The smallest absolute Gasteiger partial charge is 0.122 e. The second-order valence-corrected chi connectivity index (χ2v) is 5.38. The van der Waals surface area contributed by atoms with Gasteiger partial charge in [-0.3, -0.25) is 4.90 Å². The van der Waals surface area contributed by atoms with Crippen LogP contribution in [0.5, 0.6) is 0 Å². The van der Waals surface area contributed by atoms with Crippen LogP contribution in [-0.2, 0) is 24.4 Å². The fraction of sp³-hybridized carbons (Fsp3) is 0.438. The molecule has 2 N–H and O–H groups in total. The Morgan fingerprint density at radius 2 is 1.90 bits per heavy atom. The number of hydrogen-bond acceptors (Lipinski definition) is 4. The molecule has 1 aromatic carbocycles. The van der Waals surface area contributed by atoms with E-state index in [1.54, 1.807) is 6.20 Å². The van der Waals surface area contributed by atoms with Crippen molar-refractivity contribution in [1.29, 1.82) is 0 Å². The Morgan fingerprint density at radius 3 is 2.67 bits per heavy atom. The lowest BCUT2D eigenvalue weighted by Crippen LogP contribution is -2.35. The van der Waals surface area contributed by atoms with Gasteiger partial charge in [0.05, 0.1) is 19.8 Å². The number of benzene rings is 1. The number of ether oxygens (including phenoxy) is 1. The molecule has 0 unspecified atom stereocenters. The van der Waals surface area contributed by atoms with Crippen molar-refractivity contribution in [2.75, 3.05) is 26.3 Å². The summed E-state index contributed by atoms with van der Waals surface area (Å²) in [5.74, 6) is 0.925. The molecule has 0 amide bonds. The molecule has 1 aromatic heterocycles. The fourth-order valence-electron chi connectivity index (χ4n) is 2.71. The van der Waals surface area contributed by atoms with Crippen LogP contribution in [0.1, 0.15) is 17.0 Å². The summed E-state index contributed by atoms with van der Waals surface area (Å²) in [6.45, 7) is 6.00. The van der Waals surface area contributed by atoms with Gasteiger partial charge in [-0.15, -0.1) is 0 Å². The molecule has 0 spiro atoms. The minimum absolute atomic E-state index is 0.473. The SMILES string of the molecule is NCc1nccn1Cc1cccc(CN2CCOCC2)c1. The van der Waals surface area contributed by atoms with E-state index in [0.29, 0.717) is 6.54 Å². The van der Waals surface area contributed by atoms with Gasteiger partial charge in [-0.2, -0.15) is 0 Å². The monoisotopic (exact) mass is 286 g/mol. The topological polar surface area (TPSA) is 56.3 Å². The standard InChI is InChI=1S/C16H22N4O/c17-11-16-18-4-5-20(16)13-15-3-1-2-14(10-15)12-19-6-8-21-9-7-19/h1-5,10H,6-9,11-13,17H2. The predicted octanol–water partition coefficient (Wildman–Crippen LogP) is 1.22. The van der Waals surface area contributed by atoms with Crippen molar-refractivity contribution in [3.05, 3.63) is 53.6 Å². The summed E-state index contributed by atoms with van der Waals surface area (Å²) in [5, 5.41) is 0. The van der Waals surface area contributed by atoms with Crippen LogP contribution >= 0.6 is 0 Å². The van der Waals surface area contributed by atoms with E-state index in [1.165, 1.54) is 11.1 Å². The summed E-state index contributed by atoms with van der Waals surface area (Å²) in [7, 11) is 0. The normalized spacial score (nSPS) is 16.2. The first-order chi connectivity index (χ1) is 10.3. The number of nitrogens with two attached hydrogens (primary N) is 1. The quantitative estimate of drug-likeness (QED) is 0.898. The van der Waals surface area contributed by atoms with Crippen molar-refractivity contribution in [2.45, 2.75) is 19.6 Å². The van der Waals surface area contributed by atoms with Crippen molar-refractivity contribution in [1.82, 2.24) is 14.5 Å². The van der Waals surface area contributed by atoms with Crippen molar-refractivity contribution in [3.8, 4) is 0 Å². The maximum atomic E-state index is 5.70. The lowest BCUT2D eigenvalue weighted by molar-refractivity contribution is 0.0342. The van der Waals surface area contributed by atoms with Crippen LogP contribution in [0.25, 0.3) is 0 Å². The van der Waals surface area contributed by atoms with Crippen LogP contribution in [0, 0.1) is 0 Å². The Labute approximate surface area is 125 Å². The average molecular weight is 286 g/mol. The van der Waals surface area contributed by atoms with Crippen LogP contribution in [0.4, 0.5) is 0 Å². The summed E-state index contributed by atoms with van der Waals surface area (Å²) in [6.07, 6.45) is 3.79. The Kier molecular flexibility index (Phi) is 4.65. The summed E-state index contributed by atoms with van der Waals surface area (Å²) in [6, 6.07) is 8.75. The number of rotatable bonds is 5. The number of imidazole rings is 1. The molecule has 2 aromatic rings. The molecular weight excluding hydrogens is 264 g/mol. The maximum absolute atomic E-state index is 5.70. The van der Waals surface area contributed by atoms with E-state index in [2.05, 4.69) is 38.7 Å². The Bertz CT molecular complexity index is 575. The Balaban J connectivity index is 1.68. The molecule has 0 saturated carbocycles. The zero-order valence-corrected chi connectivity index (χ0v) is 12.2. The Morgan fingerprint density at radius 1 is 1.14 bits per heavy atom. The van der Waals surface area contributed by atoms with Crippen molar-refractivity contribution in [3.63, 3.8) is 0 Å². The maximum Gasteiger partial charge on any atom is 0.122 e. The van der Waals surface area contributed by atoms with Crippen LogP contribution in [0.15, 0.2) is 36.7 Å². The van der Waals surface area contributed by atoms with E-state index in [4.69, 9.17) is 10.5 Å². The molecule has 5 nitrogen and oxygen atoms in total. The zero-order valence-electron chi connectivity index (χ0n) is 12.2. The van der Waals surface area contributed by atoms with Crippen LogP contribution in [-0.4, -0.2) is 40.8 Å². The lowest BCUT2D eigenvalue weighted by Gasteiger charge is -2.26. The molecule has 2 heterocycles. The zero-order chi connectivity index (χ0) is 14.5. The van der Waals surface area contributed by atoms with E-state index < -0.39 is 0 Å². The van der Waals surface area contributed by atoms with Gasteiger partial charge in [-0.1, -0.05) is 24.3 Å². The molecule has 1 aliphatic rings. The van der Waals surface area contributed by atoms with Gasteiger partial charge in [-0.25, -0.2) is 4.98 Å². The van der Waals surface area contributed by atoms with Gasteiger partial charge in [0.2, 0.25) is 0 Å². The van der Waals surface area contributed by atoms with Gasteiger partial charge in [0, 0.05) is 38.6 Å². The summed E-state index contributed by atoms with van der Waals surface area (Å²) in [4.78, 5) is 6.70. The first-order valence-corrected chi connectivity index (χ1v) is 7.43. The highest BCUT2D eigenvalue weighted by atomic mass is 16.5. The van der Waals surface area contributed by atoms with Gasteiger partial charge >= 0.3 is 0 Å². The number of nitrogens with zero attached hydrogens (tertiary/aromatic N) is 3. The number of aromatic nitrogens is 2. The largest absolute Gasteiger partial charge is 0.379 e. The molecule has 112 valence electrons. The third-order valence-corrected chi connectivity index (χ3v) is 3.84. The van der Waals surface area contributed by atoms with Gasteiger partial charge in [-0.05, 0) is 11.1 Å². The van der Waals surface area contributed by atoms with Gasteiger partial charge in [0.15, 0.2) is 0 Å². The predicted molar refractivity (Wildman–Crippen MR) is 81.8 cm³/mol. The van der Waals surface area contributed by atoms with Gasteiger partial charge in [0.1, 0.15) is 5.82 Å². The first kappa shape index (κ1) is 14.3. The van der Waals surface area contributed by atoms with Crippen molar-refractivity contribution < 1.29 is 4.74 Å². The first-order valence-electron chi connectivity index (χ1n) is 7.43. The molecule has 1 saturated heterocycles. The molecule has 0 bridgehead atoms. The number of morpholine rings is 1. The molecule has 0 atom stereocenters. The van der Waals surface area contributed by atoms with Crippen molar-refractivity contribution >= 4 is 0 Å². The lowest BCUT2D eigenvalue weighted by atomic mass is 10.1. The van der Waals surface area contributed by atoms with Gasteiger partial charge < -0.3 is 15.0 Å². The minimum Gasteiger partial charge on any atom is -0.379 e. The summed E-state index contributed by atoms with van der Waals surface area (Å²) >= 11 is 0. The van der Waals surface area contributed by atoms with Crippen LogP contribution in [0.3, 0.4) is 0 Å². The van der Waals surface area contributed by atoms with Gasteiger partial charge in [0.25, 0.3) is 0 Å². The second kappa shape index (κ2) is 6.85.